The molecule has 0 spiro atoms. The molecule has 1 aliphatic heterocycles. The Balaban J connectivity index is 0.000000704. The van der Waals surface area contributed by atoms with Crippen LogP contribution in [0.4, 0.5) is 5.95 Å². The number of anilines is 1. The molecule has 9 nitrogen and oxygen atoms in total. The number of aliphatic hydroxyl groups is 1. The SMILES string of the molecule is CO.NCC1CCC(n2cnc3c(=O)[nH]c(N)nc32)O1. The number of aromatic nitrogens is 4. The summed E-state index contributed by atoms with van der Waals surface area (Å²) >= 11 is 0. The van der Waals surface area contributed by atoms with E-state index < -0.39 is 0 Å². The number of fused-ring (bicyclic) bond motifs is 1. The van der Waals surface area contributed by atoms with Gasteiger partial charge in [0.2, 0.25) is 5.95 Å². The average molecular weight is 282 g/mol. The molecular weight excluding hydrogens is 264 g/mol. The summed E-state index contributed by atoms with van der Waals surface area (Å²) in [6, 6.07) is 0. The summed E-state index contributed by atoms with van der Waals surface area (Å²) in [6.07, 6.45) is 3.13. The molecule has 110 valence electrons. The van der Waals surface area contributed by atoms with E-state index in [4.69, 9.17) is 21.3 Å². The quantitative estimate of drug-likeness (QED) is 0.549. The van der Waals surface area contributed by atoms with E-state index in [0.717, 1.165) is 20.0 Å². The third-order valence-electron chi connectivity index (χ3n) is 3.11. The fourth-order valence-electron chi connectivity index (χ4n) is 2.22. The van der Waals surface area contributed by atoms with Crippen LogP contribution in [0.1, 0.15) is 19.1 Å². The molecule has 6 N–H and O–H groups in total. The highest BCUT2D eigenvalue weighted by molar-refractivity contribution is 5.70. The maximum Gasteiger partial charge on any atom is 0.280 e. The van der Waals surface area contributed by atoms with Crippen molar-refractivity contribution in [1.29, 1.82) is 0 Å². The molecule has 0 radical (unpaired) electrons. The summed E-state index contributed by atoms with van der Waals surface area (Å²) < 4.78 is 7.48. The molecule has 0 bridgehead atoms. The number of aliphatic hydroxyl groups excluding tert-OH is 1. The van der Waals surface area contributed by atoms with Crippen LogP contribution in [0.3, 0.4) is 0 Å². The zero-order chi connectivity index (χ0) is 14.7. The van der Waals surface area contributed by atoms with Gasteiger partial charge in [-0.15, -0.1) is 0 Å². The van der Waals surface area contributed by atoms with Crippen molar-refractivity contribution in [3.63, 3.8) is 0 Å². The second kappa shape index (κ2) is 5.99. The van der Waals surface area contributed by atoms with Crippen LogP contribution in [0.5, 0.6) is 0 Å². The number of nitrogen functional groups attached to an aromatic ring is 1. The van der Waals surface area contributed by atoms with Gasteiger partial charge in [-0.1, -0.05) is 0 Å². The molecule has 2 unspecified atom stereocenters. The second-order valence-electron chi connectivity index (χ2n) is 4.30. The second-order valence-corrected chi connectivity index (χ2v) is 4.30. The molecule has 2 atom stereocenters. The Hall–Kier alpha value is -1.97. The van der Waals surface area contributed by atoms with Crippen LogP contribution in [-0.4, -0.2) is 44.4 Å². The van der Waals surface area contributed by atoms with Crippen molar-refractivity contribution in [2.24, 2.45) is 5.73 Å². The van der Waals surface area contributed by atoms with Crippen molar-refractivity contribution < 1.29 is 9.84 Å². The molecule has 1 aliphatic rings. The number of nitrogens with one attached hydrogen (secondary N) is 1. The lowest BCUT2D eigenvalue weighted by atomic mass is 10.2. The minimum atomic E-state index is -0.343. The highest BCUT2D eigenvalue weighted by atomic mass is 16.5. The van der Waals surface area contributed by atoms with Crippen molar-refractivity contribution in [1.82, 2.24) is 19.5 Å². The van der Waals surface area contributed by atoms with Gasteiger partial charge in [0, 0.05) is 13.7 Å². The first-order chi connectivity index (χ1) is 9.69. The summed E-state index contributed by atoms with van der Waals surface area (Å²) in [6.45, 7) is 0.485. The van der Waals surface area contributed by atoms with Gasteiger partial charge in [-0.25, -0.2) is 4.98 Å². The normalized spacial score (nSPS) is 21.8. The third kappa shape index (κ3) is 2.50. The van der Waals surface area contributed by atoms with Crippen molar-refractivity contribution >= 4 is 17.1 Å². The van der Waals surface area contributed by atoms with Crippen LogP contribution in [-0.2, 0) is 4.74 Å². The van der Waals surface area contributed by atoms with E-state index in [2.05, 4.69) is 15.0 Å². The van der Waals surface area contributed by atoms with E-state index in [-0.39, 0.29) is 29.4 Å². The summed E-state index contributed by atoms with van der Waals surface area (Å²) in [7, 11) is 1.00. The predicted octanol–water partition coefficient (Wildman–Crippen LogP) is -1.05. The number of ether oxygens (including phenoxy) is 1. The molecule has 1 fully saturated rings. The number of hydrogen-bond acceptors (Lipinski definition) is 7. The zero-order valence-electron chi connectivity index (χ0n) is 11.1. The Morgan fingerprint density at radius 1 is 1.55 bits per heavy atom. The molecule has 2 aromatic rings. The van der Waals surface area contributed by atoms with Crippen LogP contribution in [0.2, 0.25) is 0 Å². The molecular formula is C11H18N6O3. The van der Waals surface area contributed by atoms with Gasteiger partial charge in [0.05, 0.1) is 12.4 Å². The Morgan fingerprint density at radius 3 is 2.95 bits per heavy atom. The molecule has 0 aromatic carbocycles. The van der Waals surface area contributed by atoms with Gasteiger partial charge in [0.25, 0.3) is 5.56 Å². The lowest BCUT2D eigenvalue weighted by Gasteiger charge is -2.13. The number of nitrogens with zero attached hydrogens (tertiary/aromatic N) is 3. The van der Waals surface area contributed by atoms with E-state index in [1.54, 1.807) is 10.9 Å². The predicted molar refractivity (Wildman–Crippen MR) is 72.9 cm³/mol. The molecule has 9 heteroatoms. The number of imidazole rings is 1. The molecule has 1 saturated heterocycles. The van der Waals surface area contributed by atoms with Crippen LogP contribution in [0.15, 0.2) is 11.1 Å². The zero-order valence-corrected chi connectivity index (χ0v) is 11.1. The van der Waals surface area contributed by atoms with E-state index in [0.29, 0.717) is 12.2 Å². The maximum atomic E-state index is 11.6. The third-order valence-corrected chi connectivity index (χ3v) is 3.11. The molecule has 0 saturated carbocycles. The summed E-state index contributed by atoms with van der Waals surface area (Å²) in [4.78, 5) is 22.2. The minimum absolute atomic E-state index is 0.0480. The van der Waals surface area contributed by atoms with E-state index in [1.165, 1.54) is 0 Å². The lowest BCUT2D eigenvalue weighted by Crippen LogP contribution is -2.20. The van der Waals surface area contributed by atoms with E-state index in [1.807, 2.05) is 0 Å². The van der Waals surface area contributed by atoms with E-state index >= 15 is 0 Å². The standard InChI is InChI=1S/C10H14N6O2.CH4O/c11-3-5-1-2-6(18-5)16-4-13-7-8(16)14-10(12)15-9(7)17;1-2/h4-6H,1-3,11H2,(H3,12,14,15,17);2H,1H3. The molecule has 3 rings (SSSR count). The smallest absolute Gasteiger partial charge is 0.280 e. The first-order valence-electron chi connectivity index (χ1n) is 6.21. The van der Waals surface area contributed by atoms with Gasteiger partial charge >= 0.3 is 0 Å². The number of hydrogen-bond donors (Lipinski definition) is 4. The van der Waals surface area contributed by atoms with Gasteiger partial charge in [-0.05, 0) is 12.8 Å². The molecule has 3 heterocycles. The largest absolute Gasteiger partial charge is 0.400 e. The van der Waals surface area contributed by atoms with Crippen LogP contribution in [0, 0.1) is 0 Å². The molecule has 20 heavy (non-hydrogen) atoms. The fourth-order valence-corrected chi connectivity index (χ4v) is 2.22. The van der Waals surface area contributed by atoms with Crippen molar-refractivity contribution in [3.05, 3.63) is 16.7 Å². The number of nitrogens with two attached hydrogens (primary N) is 2. The summed E-state index contributed by atoms with van der Waals surface area (Å²) in [5.41, 5.74) is 11.5. The topological polar surface area (TPSA) is 145 Å². The minimum Gasteiger partial charge on any atom is -0.400 e. The maximum absolute atomic E-state index is 11.6. The highest BCUT2D eigenvalue weighted by Gasteiger charge is 2.27. The first kappa shape index (κ1) is 14.4. The average Bonchev–Trinajstić information content (AvgIpc) is 3.06. The van der Waals surface area contributed by atoms with Crippen LogP contribution >= 0.6 is 0 Å². The molecule has 0 aliphatic carbocycles. The van der Waals surface area contributed by atoms with Crippen molar-refractivity contribution in [3.8, 4) is 0 Å². The Morgan fingerprint density at radius 2 is 2.30 bits per heavy atom. The Kier molecular flexibility index (Phi) is 4.32. The van der Waals surface area contributed by atoms with Gasteiger partial charge < -0.3 is 21.3 Å². The van der Waals surface area contributed by atoms with Gasteiger partial charge in [0.15, 0.2) is 11.2 Å². The van der Waals surface area contributed by atoms with Gasteiger partial charge in [-0.2, -0.15) is 4.98 Å². The van der Waals surface area contributed by atoms with Crippen molar-refractivity contribution in [2.75, 3.05) is 19.4 Å². The number of H-pyrrole nitrogens is 1. The molecule has 2 aromatic heterocycles. The Labute approximate surface area is 114 Å². The number of rotatable bonds is 2. The summed E-state index contributed by atoms with van der Waals surface area (Å²) in [5.74, 6) is 0.0719. The Bertz CT molecular complexity index is 637. The van der Waals surface area contributed by atoms with Crippen LogP contribution < -0.4 is 17.0 Å². The van der Waals surface area contributed by atoms with E-state index in [9.17, 15) is 4.79 Å². The summed E-state index contributed by atoms with van der Waals surface area (Å²) in [5, 5.41) is 7.00. The first-order valence-corrected chi connectivity index (χ1v) is 6.21. The van der Waals surface area contributed by atoms with Crippen molar-refractivity contribution in [2.45, 2.75) is 25.2 Å². The van der Waals surface area contributed by atoms with Gasteiger partial charge in [-0.3, -0.25) is 14.3 Å². The monoisotopic (exact) mass is 282 g/mol. The lowest BCUT2D eigenvalue weighted by molar-refractivity contribution is 0.00867. The van der Waals surface area contributed by atoms with Gasteiger partial charge in [0.1, 0.15) is 6.23 Å². The molecule has 0 amide bonds. The highest BCUT2D eigenvalue weighted by Crippen LogP contribution is 2.29. The van der Waals surface area contributed by atoms with Crippen LogP contribution in [0.25, 0.3) is 11.2 Å². The fraction of sp³-hybridized carbons (Fsp3) is 0.545. The number of aromatic amines is 1.